The Balaban J connectivity index is 1.99. The van der Waals surface area contributed by atoms with Crippen LogP contribution in [0.3, 0.4) is 0 Å². The predicted octanol–water partition coefficient (Wildman–Crippen LogP) is 0.610. The van der Waals surface area contributed by atoms with Crippen LogP contribution in [0.25, 0.3) is 11.5 Å². The Morgan fingerprint density at radius 1 is 1.47 bits per heavy atom. The lowest BCUT2D eigenvalue weighted by atomic mass is 10.3. The van der Waals surface area contributed by atoms with Gasteiger partial charge in [0.15, 0.2) is 12.7 Å². The molecule has 2 aromatic heterocycles. The second-order valence-corrected chi connectivity index (χ2v) is 5.68. The van der Waals surface area contributed by atoms with Crippen molar-refractivity contribution in [2.45, 2.75) is 19.9 Å². The zero-order chi connectivity index (χ0) is 13.9. The van der Waals surface area contributed by atoms with E-state index in [1.807, 2.05) is 6.92 Å². The Labute approximate surface area is 110 Å². The van der Waals surface area contributed by atoms with Crippen molar-refractivity contribution < 1.29 is 22.1 Å². The first kappa shape index (κ1) is 13.6. The fourth-order valence-electron chi connectivity index (χ4n) is 1.54. The summed E-state index contributed by atoms with van der Waals surface area (Å²) in [6.45, 7) is 2.24. The molecule has 0 saturated heterocycles. The first-order chi connectivity index (χ1) is 8.94. The van der Waals surface area contributed by atoms with E-state index < -0.39 is 10.1 Å². The van der Waals surface area contributed by atoms with Crippen molar-refractivity contribution in [1.29, 1.82) is 0 Å². The van der Waals surface area contributed by atoms with Crippen LogP contribution in [0.2, 0.25) is 0 Å². The molecule has 2 heterocycles. The van der Waals surface area contributed by atoms with E-state index >= 15 is 0 Å². The fraction of sp³-hybridized carbons (Fsp3) is 0.364. The molecule has 0 atom stereocenters. The van der Waals surface area contributed by atoms with Crippen molar-refractivity contribution in [3.8, 4) is 11.5 Å². The zero-order valence-electron chi connectivity index (χ0n) is 10.4. The van der Waals surface area contributed by atoms with Crippen molar-refractivity contribution in [2.75, 3.05) is 5.75 Å². The van der Waals surface area contributed by atoms with Crippen molar-refractivity contribution >= 4 is 10.1 Å². The standard InChI is InChI=1S/C11H13N3O4S/c1-9-8-18-11(13-9)10-3-5-14(12-7-10)4-2-6-19(15,16)17/h3,5,7-8H,2,4,6H2,1H3/p+1. The van der Waals surface area contributed by atoms with E-state index in [4.69, 9.17) is 8.97 Å². The molecule has 0 fully saturated rings. The van der Waals surface area contributed by atoms with Gasteiger partial charge in [-0.25, -0.2) is 4.98 Å². The molecule has 0 amide bonds. The number of hydrogen-bond donors (Lipinski definition) is 1. The van der Waals surface area contributed by atoms with Gasteiger partial charge < -0.3 is 4.42 Å². The van der Waals surface area contributed by atoms with Gasteiger partial charge in [-0.1, -0.05) is 4.68 Å². The highest BCUT2D eigenvalue weighted by molar-refractivity contribution is 7.85. The maximum Gasteiger partial charge on any atom is 0.265 e. The normalized spacial score (nSPS) is 11.7. The molecule has 0 aromatic carbocycles. The number of rotatable bonds is 5. The Kier molecular flexibility index (Phi) is 3.91. The minimum atomic E-state index is -3.91. The molecular weight excluding hydrogens is 270 g/mol. The van der Waals surface area contributed by atoms with E-state index in [2.05, 4.69) is 10.1 Å². The minimum absolute atomic E-state index is 0.275. The van der Waals surface area contributed by atoms with E-state index in [1.54, 1.807) is 29.4 Å². The van der Waals surface area contributed by atoms with Gasteiger partial charge in [0, 0.05) is 12.5 Å². The van der Waals surface area contributed by atoms with Gasteiger partial charge in [0.05, 0.1) is 17.0 Å². The summed E-state index contributed by atoms with van der Waals surface area (Å²) in [6.07, 6.45) is 5.16. The van der Waals surface area contributed by atoms with Crippen LogP contribution in [0.1, 0.15) is 12.1 Å². The van der Waals surface area contributed by atoms with Crippen LogP contribution in [0, 0.1) is 6.92 Å². The number of oxazole rings is 1. The van der Waals surface area contributed by atoms with Crippen molar-refractivity contribution in [1.82, 2.24) is 10.1 Å². The fourth-order valence-corrected chi connectivity index (χ4v) is 2.03. The van der Waals surface area contributed by atoms with Crippen molar-refractivity contribution in [2.24, 2.45) is 0 Å². The molecule has 1 N–H and O–H groups in total. The van der Waals surface area contributed by atoms with Crippen LogP contribution in [-0.4, -0.2) is 28.8 Å². The summed E-state index contributed by atoms with van der Waals surface area (Å²) in [5.74, 6) is 0.220. The third-order valence-corrected chi connectivity index (χ3v) is 3.23. The van der Waals surface area contributed by atoms with Gasteiger partial charge in [0.25, 0.3) is 10.1 Å². The topological polar surface area (TPSA) is 97.2 Å². The molecule has 0 radical (unpaired) electrons. The Morgan fingerprint density at radius 3 is 2.79 bits per heavy atom. The molecule has 0 saturated carbocycles. The monoisotopic (exact) mass is 284 g/mol. The van der Waals surface area contributed by atoms with Crippen LogP contribution in [0.5, 0.6) is 0 Å². The maximum atomic E-state index is 10.6. The average molecular weight is 284 g/mol. The highest BCUT2D eigenvalue weighted by Crippen LogP contribution is 2.15. The molecule has 0 aliphatic rings. The quantitative estimate of drug-likeness (QED) is 0.638. The molecule has 102 valence electrons. The van der Waals surface area contributed by atoms with E-state index in [1.165, 1.54) is 0 Å². The van der Waals surface area contributed by atoms with Gasteiger partial charge in [0.2, 0.25) is 5.89 Å². The first-order valence-corrected chi connectivity index (χ1v) is 7.28. The molecule has 0 unspecified atom stereocenters. The molecule has 0 aliphatic carbocycles. The third-order valence-electron chi connectivity index (χ3n) is 2.43. The van der Waals surface area contributed by atoms with Crippen LogP contribution >= 0.6 is 0 Å². The van der Waals surface area contributed by atoms with Gasteiger partial charge in [-0.3, -0.25) is 4.55 Å². The van der Waals surface area contributed by atoms with Gasteiger partial charge in [-0.05, 0) is 12.0 Å². The van der Waals surface area contributed by atoms with Crippen LogP contribution in [-0.2, 0) is 16.7 Å². The van der Waals surface area contributed by atoms with Crippen LogP contribution < -0.4 is 4.68 Å². The molecule has 8 heteroatoms. The number of aromatic nitrogens is 3. The smallest absolute Gasteiger partial charge is 0.265 e. The second kappa shape index (κ2) is 5.45. The van der Waals surface area contributed by atoms with Crippen LogP contribution in [0.4, 0.5) is 0 Å². The summed E-state index contributed by atoms with van der Waals surface area (Å²) in [4.78, 5) is 4.18. The molecule has 0 spiro atoms. The highest BCUT2D eigenvalue weighted by Gasteiger charge is 2.10. The third kappa shape index (κ3) is 4.11. The number of nitrogens with zero attached hydrogens (tertiary/aromatic N) is 3. The predicted molar refractivity (Wildman–Crippen MR) is 65.7 cm³/mol. The second-order valence-electron chi connectivity index (χ2n) is 4.11. The Morgan fingerprint density at radius 2 is 2.26 bits per heavy atom. The average Bonchev–Trinajstić information content (AvgIpc) is 2.75. The van der Waals surface area contributed by atoms with Gasteiger partial charge in [-0.2, -0.15) is 8.42 Å². The van der Waals surface area contributed by atoms with E-state index in [0.29, 0.717) is 18.9 Å². The molecular formula is C11H14N3O4S+. The lowest BCUT2D eigenvalue weighted by Crippen LogP contribution is -2.38. The number of hydrogen-bond acceptors (Lipinski definition) is 5. The van der Waals surface area contributed by atoms with Gasteiger partial charge in [0.1, 0.15) is 12.5 Å². The summed E-state index contributed by atoms with van der Waals surface area (Å²) in [7, 11) is -3.91. The molecule has 19 heavy (non-hydrogen) atoms. The van der Waals surface area contributed by atoms with E-state index in [0.717, 1.165) is 11.3 Å². The molecule has 0 bridgehead atoms. The lowest BCUT2D eigenvalue weighted by Gasteiger charge is -1.95. The highest BCUT2D eigenvalue weighted by atomic mass is 32.2. The van der Waals surface area contributed by atoms with Crippen molar-refractivity contribution in [3.05, 3.63) is 30.4 Å². The molecule has 0 aliphatic heterocycles. The molecule has 2 aromatic rings. The summed E-state index contributed by atoms with van der Waals surface area (Å²) >= 11 is 0. The SMILES string of the molecule is Cc1coc(-c2cc[n+](CCCS(=O)(=O)O)nc2)n1. The number of aryl methyl sites for hydroxylation is 2. The summed E-state index contributed by atoms with van der Waals surface area (Å²) in [6, 6.07) is 1.78. The van der Waals surface area contributed by atoms with Gasteiger partial charge >= 0.3 is 0 Å². The molecule has 7 nitrogen and oxygen atoms in total. The Hall–Kier alpha value is -1.80. The van der Waals surface area contributed by atoms with E-state index in [9.17, 15) is 8.42 Å². The minimum Gasteiger partial charge on any atom is -0.444 e. The lowest BCUT2D eigenvalue weighted by molar-refractivity contribution is -0.753. The maximum absolute atomic E-state index is 10.6. The Bertz CT molecular complexity index is 649. The zero-order valence-corrected chi connectivity index (χ0v) is 11.2. The molecule has 2 rings (SSSR count). The summed E-state index contributed by atoms with van der Waals surface area (Å²) < 4.78 is 36.6. The van der Waals surface area contributed by atoms with Crippen molar-refractivity contribution in [3.63, 3.8) is 0 Å². The summed E-state index contributed by atoms with van der Waals surface area (Å²) in [5, 5.41) is 4.12. The van der Waals surface area contributed by atoms with Crippen LogP contribution in [0.15, 0.2) is 29.1 Å². The first-order valence-electron chi connectivity index (χ1n) is 5.67. The summed E-state index contributed by atoms with van der Waals surface area (Å²) in [5.41, 5.74) is 1.54. The largest absolute Gasteiger partial charge is 0.444 e. The van der Waals surface area contributed by atoms with Gasteiger partial charge in [-0.15, -0.1) is 0 Å². The van der Waals surface area contributed by atoms with E-state index in [-0.39, 0.29) is 5.75 Å².